The molecule has 6 N–H and O–H groups in total. The molecule has 2 aromatic carbocycles. The zero-order chi connectivity index (χ0) is 25.6. The fourth-order valence-corrected chi connectivity index (χ4v) is 4.98. The SMILES string of the molecule is Nc1ccc(-c2c3nc(cc4ccc([nH]4)c(-c4ccc(N)cc4)c4nc(cc5ccc2[nH]5)C=C4)C=C3)cc1. The summed E-state index contributed by atoms with van der Waals surface area (Å²) in [5.41, 5.74) is 24.9. The summed E-state index contributed by atoms with van der Waals surface area (Å²) in [6.07, 6.45) is 8.19. The number of nitrogen functional groups attached to an aromatic ring is 2. The van der Waals surface area contributed by atoms with E-state index in [0.717, 1.165) is 78.5 Å². The van der Waals surface area contributed by atoms with Gasteiger partial charge in [-0.05, 0) is 96.1 Å². The summed E-state index contributed by atoms with van der Waals surface area (Å²) in [6.45, 7) is 0. The Morgan fingerprint density at radius 3 is 1.32 bits per heavy atom. The van der Waals surface area contributed by atoms with E-state index >= 15 is 0 Å². The van der Waals surface area contributed by atoms with Crippen molar-refractivity contribution in [3.8, 4) is 22.3 Å². The zero-order valence-corrected chi connectivity index (χ0v) is 20.4. The number of nitrogens with two attached hydrogens (primary N) is 2. The first-order valence-corrected chi connectivity index (χ1v) is 12.4. The molecule has 38 heavy (non-hydrogen) atoms. The number of hydrogen-bond donors (Lipinski definition) is 4. The fourth-order valence-electron chi connectivity index (χ4n) is 4.98. The molecule has 6 nitrogen and oxygen atoms in total. The molecule has 8 bridgehead atoms. The monoisotopic (exact) mass is 492 g/mol. The summed E-state index contributed by atoms with van der Waals surface area (Å²) in [5, 5.41) is 0. The molecule has 6 heteroatoms. The number of aromatic nitrogens is 4. The van der Waals surface area contributed by atoms with Crippen LogP contribution in [0.15, 0.2) is 84.9 Å². The summed E-state index contributed by atoms with van der Waals surface area (Å²) < 4.78 is 0. The normalized spacial score (nSPS) is 12.2. The summed E-state index contributed by atoms with van der Waals surface area (Å²) in [7, 11) is 0. The Kier molecular flexibility index (Phi) is 4.97. The van der Waals surface area contributed by atoms with Gasteiger partial charge in [0.2, 0.25) is 0 Å². The van der Waals surface area contributed by atoms with Crippen molar-refractivity contribution in [2.75, 3.05) is 11.5 Å². The van der Waals surface area contributed by atoms with Crippen molar-refractivity contribution in [2.24, 2.45) is 0 Å². The second-order valence-corrected chi connectivity index (χ2v) is 9.45. The Labute approximate surface area is 219 Å². The molecule has 0 atom stereocenters. The molecule has 2 aliphatic heterocycles. The van der Waals surface area contributed by atoms with E-state index in [1.165, 1.54) is 0 Å². The van der Waals surface area contributed by atoms with Gasteiger partial charge in [-0.15, -0.1) is 0 Å². The average Bonchev–Trinajstić information content (AvgIpc) is 3.72. The molecule has 0 spiro atoms. The minimum absolute atomic E-state index is 0.725. The van der Waals surface area contributed by atoms with Crippen molar-refractivity contribution in [1.82, 2.24) is 19.9 Å². The van der Waals surface area contributed by atoms with Gasteiger partial charge >= 0.3 is 0 Å². The van der Waals surface area contributed by atoms with Crippen LogP contribution >= 0.6 is 0 Å². The lowest BCUT2D eigenvalue weighted by Gasteiger charge is -2.04. The molecule has 0 fully saturated rings. The molecule has 5 heterocycles. The van der Waals surface area contributed by atoms with E-state index in [2.05, 4.69) is 58.5 Å². The highest BCUT2D eigenvalue weighted by molar-refractivity contribution is 5.93. The van der Waals surface area contributed by atoms with E-state index < -0.39 is 0 Å². The lowest BCUT2D eigenvalue weighted by molar-refractivity contribution is 1.31. The third-order valence-corrected chi connectivity index (χ3v) is 6.80. The van der Waals surface area contributed by atoms with Crippen molar-refractivity contribution in [2.45, 2.75) is 0 Å². The highest BCUT2D eigenvalue weighted by Crippen LogP contribution is 2.32. The van der Waals surface area contributed by atoms with Crippen LogP contribution in [-0.4, -0.2) is 19.9 Å². The van der Waals surface area contributed by atoms with Gasteiger partial charge in [-0.3, -0.25) is 0 Å². The number of benzene rings is 2. The summed E-state index contributed by atoms with van der Waals surface area (Å²) in [5.74, 6) is 0. The van der Waals surface area contributed by atoms with Gasteiger partial charge in [0.1, 0.15) is 0 Å². The Bertz CT molecular complexity index is 1780. The van der Waals surface area contributed by atoms with Gasteiger partial charge in [-0.1, -0.05) is 24.3 Å². The standard InChI is InChI=1S/C32H24N6/c33-21-5-1-19(2-6-21)31-27-13-9-23(35-27)17-25-11-15-29(37-25)32(20-3-7-22(34)8-4-20)30-16-12-26(38-30)18-24-10-14-28(31)36-24/h1-18,35,38H,33-34H2. The van der Waals surface area contributed by atoms with Gasteiger partial charge < -0.3 is 21.4 Å². The topological polar surface area (TPSA) is 109 Å². The quantitative estimate of drug-likeness (QED) is 0.192. The second-order valence-electron chi connectivity index (χ2n) is 9.45. The molecule has 0 aliphatic carbocycles. The molecule has 0 unspecified atom stereocenters. The van der Waals surface area contributed by atoms with Crippen LogP contribution in [-0.2, 0) is 0 Å². The van der Waals surface area contributed by atoms with Crippen LogP contribution in [0.4, 0.5) is 11.4 Å². The van der Waals surface area contributed by atoms with E-state index in [1.54, 1.807) is 0 Å². The van der Waals surface area contributed by atoms with Crippen LogP contribution in [0.1, 0.15) is 22.8 Å². The Morgan fingerprint density at radius 1 is 0.474 bits per heavy atom. The lowest BCUT2D eigenvalue weighted by Crippen LogP contribution is -1.88. The van der Waals surface area contributed by atoms with E-state index in [-0.39, 0.29) is 0 Å². The Morgan fingerprint density at radius 2 is 0.895 bits per heavy atom. The zero-order valence-electron chi connectivity index (χ0n) is 20.4. The number of nitrogens with zero attached hydrogens (tertiary/aromatic N) is 2. The van der Waals surface area contributed by atoms with E-state index in [0.29, 0.717) is 0 Å². The molecule has 5 aromatic rings. The Balaban J connectivity index is 1.56. The van der Waals surface area contributed by atoms with Gasteiger partial charge in [0.25, 0.3) is 0 Å². The minimum atomic E-state index is 0.725. The maximum atomic E-state index is 5.97. The van der Waals surface area contributed by atoms with Crippen molar-refractivity contribution in [1.29, 1.82) is 0 Å². The van der Waals surface area contributed by atoms with Gasteiger partial charge in [0.05, 0.1) is 22.8 Å². The molecule has 182 valence electrons. The third kappa shape index (κ3) is 3.94. The van der Waals surface area contributed by atoms with Crippen LogP contribution in [0.3, 0.4) is 0 Å². The molecule has 0 saturated heterocycles. The number of fused-ring (bicyclic) bond motifs is 8. The van der Waals surface area contributed by atoms with Crippen molar-refractivity contribution >= 4 is 57.7 Å². The number of hydrogen-bond acceptors (Lipinski definition) is 4. The van der Waals surface area contributed by atoms with Crippen molar-refractivity contribution in [3.05, 3.63) is 108 Å². The molecular formula is C32H24N6. The third-order valence-electron chi connectivity index (χ3n) is 6.80. The van der Waals surface area contributed by atoms with E-state index in [9.17, 15) is 0 Å². The number of anilines is 2. The van der Waals surface area contributed by atoms with Crippen LogP contribution in [0.2, 0.25) is 0 Å². The van der Waals surface area contributed by atoms with E-state index in [4.69, 9.17) is 21.4 Å². The van der Waals surface area contributed by atoms with Gasteiger partial charge in [0.15, 0.2) is 0 Å². The van der Waals surface area contributed by atoms with Gasteiger partial charge in [0, 0.05) is 44.6 Å². The number of aromatic amines is 2. The molecule has 0 radical (unpaired) electrons. The Hall–Kier alpha value is -5.36. The largest absolute Gasteiger partial charge is 0.399 e. The van der Waals surface area contributed by atoms with Crippen LogP contribution < -0.4 is 11.5 Å². The first-order valence-electron chi connectivity index (χ1n) is 12.4. The molecule has 2 aliphatic rings. The highest BCUT2D eigenvalue weighted by Gasteiger charge is 2.13. The summed E-state index contributed by atoms with van der Waals surface area (Å²) in [4.78, 5) is 17.1. The van der Waals surface area contributed by atoms with Crippen LogP contribution in [0.5, 0.6) is 0 Å². The number of H-pyrrole nitrogens is 2. The molecule has 0 amide bonds. The lowest BCUT2D eigenvalue weighted by atomic mass is 10.0. The molecule has 3 aromatic heterocycles. The fraction of sp³-hybridized carbons (Fsp3) is 0. The molecular weight excluding hydrogens is 468 g/mol. The maximum Gasteiger partial charge on any atom is 0.0736 e. The second kappa shape index (κ2) is 8.64. The highest BCUT2D eigenvalue weighted by atomic mass is 14.8. The van der Waals surface area contributed by atoms with Crippen LogP contribution in [0, 0.1) is 0 Å². The maximum absolute atomic E-state index is 5.97. The van der Waals surface area contributed by atoms with E-state index in [1.807, 2.05) is 60.7 Å². The molecule has 0 saturated carbocycles. The van der Waals surface area contributed by atoms with Gasteiger partial charge in [-0.25, -0.2) is 9.97 Å². The van der Waals surface area contributed by atoms with Crippen LogP contribution in [0.25, 0.3) is 68.6 Å². The van der Waals surface area contributed by atoms with Crippen molar-refractivity contribution in [3.63, 3.8) is 0 Å². The van der Waals surface area contributed by atoms with Crippen molar-refractivity contribution < 1.29 is 0 Å². The predicted octanol–water partition coefficient (Wildman–Crippen LogP) is 7.15. The predicted molar refractivity (Wildman–Crippen MR) is 159 cm³/mol. The smallest absolute Gasteiger partial charge is 0.0736 e. The summed E-state index contributed by atoms with van der Waals surface area (Å²) >= 11 is 0. The first kappa shape index (κ1) is 21.9. The molecule has 7 rings (SSSR count). The summed E-state index contributed by atoms with van der Waals surface area (Å²) in [6, 6.07) is 28.2. The number of nitrogens with one attached hydrogen (secondary N) is 2. The average molecular weight is 493 g/mol. The minimum Gasteiger partial charge on any atom is -0.399 e. The first-order chi connectivity index (χ1) is 18.6. The number of rotatable bonds is 2. The van der Waals surface area contributed by atoms with Gasteiger partial charge in [-0.2, -0.15) is 0 Å².